The fourth-order valence-corrected chi connectivity index (χ4v) is 2.51. The highest BCUT2D eigenvalue weighted by molar-refractivity contribution is 5.80. The van der Waals surface area contributed by atoms with Crippen LogP contribution in [0.1, 0.15) is 27.2 Å². The second kappa shape index (κ2) is 3.54. The van der Waals surface area contributed by atoms with Gasteiger partial charge in [0.1, 0.15) is 12.7 Å². The molecule has 0 fully saturated rings. The topological polar surface area (TPSA) is 63.8 Å². The fourth-order valence-electron chi connectivity index (χ4n) is 2.51. The molecular formula is C13H16N4O. The maximum atomic E-state index is 9.66. The Morgan fingerprint density at radius 3 is 2.78 bits per heavy atom. The molecule has 18 heavy (non-hydrogen) atoms. The molecule has 0 spiro atoms. The molecule has 5 heteroatoms. The van der Waals surface area contributed by atoms with Crippen LogP contribution in [0.15, 0.2) is 18.7 Å². The minimum absolute atomic E-state index is 0.0665. The molecular weight excluding hydrogens is 228 g/mol. The van der Waals surface area contributed by atoms with Crippen LogP contribution in [0.3, 0.4) is 0 Å². The number of allylic oxidation sites excluding steroid dienone is 2. The van der Waals surface area contributed by atoms with Gasteiger partial charge in [0.2, 0.25) is 5.88 Å². The van der Waals surface area contributed by atoms with E-state index in [9.17, 15) is 5.11 Å². The lowest BCUT2D eigenvalue weighted by Gasteiger charge is -2.28. The molecule has 0 radical (unpaired) electrons. The van der Waals surface area contributed by atoms with Crippen LogP contribution >= 0.6 is 0 Å². The average molecular weight is 244 g/mol. The van der Waals surface area contributed by atoms with Gasteiger partial charge >= 0.3 is 0 Å². The molecule has 1 unspecified atom stereocenters. The van der Waals surface area contributed by atoms with Gasteiger partial charge in [-0.3, -0.25) is 4.57 Å². The lowest BCUT2D eigenvalue weighted by atomic mass is 9.81. The molecule has 5 nitrogen and oxygen atoms in total. The molecule has 0 aromatic carbocycles. The summed E-state index contributed by atoms with van der Waals surface area (Å²) in [6.07, 6.45) is 6.36. The lowest BCUT2D eigenvalue weighted by molar-refractivity contribution is 0.338. The van der Waals surface area contributed by atoms with Crippen molar-refractivity contribution in [2.45, 2.75) is 27.2 Å². The first kappa shape index (κ1) is 11.2. The highest BCUT2D eigenvalue weighted by Crippen LogP contribution is 2.46. The summed E-state index contributed by atoms with van der Waals surface area (Å²) in [5, 5.41) is 9.66. The fraction of sp³-hybridized carbons (Fsp3) is 0.462. The first-order chi connectivity index (χ1) is 8.51. The molecule has 2 heterocycles. The highest BCUT2D eigenvalue weighted by atomic mass is 16.3. The number of nitrogens with zero attached hydrogens (tertiary/aromatic N) is 4. The van der Waals surface area contributed by atoms with Crippen LogP contribution in [-0.2, 0) is 0 Å². The maximum Gasteiger partial charge on any atom is 0.242 e. The third-order valence-corrected chi connectivity index (χ3v) is 4.13. The van der Waals surface area contributed by atoms with Crippen molar-refractivity contribution >= 4 is 16.9 Å². The number of aromatic nitrogens is 4. The van der Waals surface area contributed by atoms with Crippen molar-refractivity contribution < 1.29 is 5.11 Å². The van der Waals surface area contributed by atoms with Crippen LogP contribution in [-0.4, -0.2) is 24.6 Å². The van der Waals surface area contributed by atoms with E-state index in [4.69, 9.17) is 0 Å². The van der Waals surface area contributed by atoms with Crippen molar-refractivity contribution in [2.75, 3.05) is 0 Å². The maximum absolute atomic E-state index is 9.66. The molecule has 1 atom stereocenters. The van der Waals surface area contributed by atoms with Gasteiger partial charge in [-0.2, -0.15) is 4.98 Å². The third-order valence-electron chi connectivity index (χ3n) is 4.13. The molecule has 0 aliphatic heterocycles. The number of rotatable bonds is 1. The summed E-state index contributed by atoms with van der Waals surface area (Å²) in [7, 11) is 0. The molecule has 94 valence electrons. The largest absolute Gasteiger partial charge is 0.492 e. The van der Waals surface area contributed by atoms with Crippen LogP contribution in [0.4, 0.5) is 0 Å². The molecule has 0 saturated carbocycles. The first-order valence-corrected chi connectivity index (χ1v) is 6.10. The monoisotopic (exact) mass is 244 g/mol. The standard InChI is InChI=1S/C13H16N4O/c1-8-4-5-9(13(8,2)3)17-7-16-10-11(17)14-6-15-12(10)18/h5-8H,4H2,1-3H3,(H,14,15,18). The SMILES string of the molecule is CC1CC=C(n2cnc3c(O)ncnc32)C1(C)C. The summed E-state index contributed by atoms with van der Waals surface area (Å²) in [5.41, 5.74) is 2.38. The van der Waals surface area contributed by atoms with Crippen LogP contribution in [0.2, 0.25) is 0 Å². The Bertz CT molecular complexity index is 641. The van der Waals surface area contributed by atoms with Crippen LogP contribution < -0.4 is 0 Å². The van der Waals surface area contributed by atoms with Crippen molar-refractivity contribution in [3.8, 4) is 5.88 Å². The molecule has 2 aromatic heterocycles. The molecule has 0 amide bonds. The smallest absolute Gasteiger partial charge is 0.242 e. The summed E-state index contributed by atoms with van der Waals surface area (Å²) in [6.45, 7) is 6.70. The number of fused-ring (bicyclic) bond motifs is 1. The van der Waals surface area contributed by atoms with Gasteiger partial charge in [-0.15, -0.1) is 0 Å². The minimum Gasteiger partial charge on any atom is -0.492 e. The molecule has 0 saturated heterocycles. The van der Waals surface area contributed by atoms with E-state index in [1.54, 1.807) is 6.33 Å². The zero-order chi connectivity index (χ0) is 12.9. The van der Waals surface area contributed by atoms with Crippen LogP contribution in [0, 0.1) is 11.3 Å². The Hall–Kier alpha value is -1.91. The van der Waals surface area contributed by atoms with E-state index < -0.39 is 0 Å². The van der Waals surface area contributed by atoms with E-state index in [0.29, 0.717) is 17.1 Å². The minimum atomic E-state index is -0.0665. The predicted octanol–water partition coefficient (Wildman–Crippen LogP) is 2.44. The summed E-state index contributed by atoms with van der Waals surface area (Å²) in [5.74, 6) is 0.517. The van der Waals surface area contributed by atoms with Crippen molar-refractivity contribution in [2.24, 2.45) is 11.3 Å². The Morgan fingerprint density at radius 2 is 2.11 bits per heavy atom. The second-order valence-electron chi connectivity index (χ2n) is 5.43. The van der Waals surface area contributed by atoms with E-state index in [1.165, 1.54) is 12.0 Å². The molecule has 2 aromatic rings. The number of imidazole rings is 1. The number of aromatic hydroxyl groups is 1. The third kappa shape index (κ3) is 1.36. The van der Waals surface area contributed by atoms with Crippen molar-refractivity contribution in [3.63, 3.8) is 0 Å². The summed E-state index contributed by atoms with van der Waals surface area (Å²) >= 11 is 0. The quantitative estimate of drug-likeness (QED) is 0.836. The van der Waals surface area contributed by atoms with Gasteiger partial charge in [-0.25, -0.2) is 9.97 Å². The van der Waals surface area contributed by atoms with E-state index in [2.05, 4.69) is 41.8 Å². The van der Waals surface area contributed by atoms with E-state index in [1.807, 2.05) is 4.57 Å². The number of hydrogen-bond acceptors (Lipinski definition) is 4. The van der Waals surface area contributed by atoms with Gasteiger partial charge < -0.3 is 5.11 Å². The Kier molecular flexibility index (Phi) is 2.20. The summed E-state index contributed by atoms with van der Waals surface area (Å²) in [4.78, 5) is 12.2. The van der Waals surface area contributed by atoms with Crippen molar-refractivity contribution in [1.82, 2.24) is 19.5 Å². The summed E-state index contributed by atoms with van der Waals surface area (Å²) in [6, 6.07) is 0. The van der Waals surface area contributed by atoms with Gasteiger partial charge in [-0.1, -0.05) is 26.8 Å². The molecule has 0 bridgehead atoms. The Morgan fingerprint density at radius 1 is 1.33 bits per heavy atom. The Balaban J connectivity index is 2.20. The zero-order valence-corrected chi connectivity index (χ0v) is 10.8. The average Bonchev–Trinajstić information content (AvgIpc) is 2.84. The molecule has 3 rings (SSSR count). The zero-order valence-electron chi connectivity index (χ0n) is 10.8. The van der Waals surface area contributed by atoms with Gasteiger partial charge in [0, 0.05) is 11.1 Å². The Labute approximate surface area is 105 Å². The molecule has 1 aliphatic rings. The van der Waals surface area contributed by atoms with Gasteiger partial charge in [0.15, 0.2) is 11.2 Å². The van der Waals surface area contributed by atoms with Gasteiger partial charge in [-0.05, 0) is 12.3 Å². The normalized spacial score (nSPS) is 22.4. The lowest BCUT2D eigenvalue weighted by Crippen LogP contribution is -2.21. The molecule has 1 N–H and O–H groups in total. The van der Waals surface area contributed by atoms with Crippen molar-refractivity contribution in [3.05, 3.63) is 18.7 Å². The van der Waals surface area contributed by atoms with Gasteiger partial charge in [0.25, 0.3) is 0 Å². The van der Waals surface area contributed by atoms with E-state index in [-0.39, 0.29) is 11.3 Å². The number of hydrogen-bond donors (Lipinski definition) is 1. The van der Waals surface area contributed by atoms with E-state index >= 15 is 0 Å². The highest BCUT2D eigenvalue weighted by Gasteiger charge is 2.36. The van der Waals surface area contributed by atoms with Crippen LogP contribution in [0.25, 0.3) is 16.9 Å². The first-order valence-electron chi connectivity index (χ1n) is 6.10. The van der Waals surface area contributed by atoms with Gasteiger partial charge in [0.05, 0.1) is 0 Å². The van der Waals surface area contributed by atoms with E-state index in [0.717, 1.165) is 6.42 Å². The predicted molar refractivity (Wildman–Crippen MR) is 68.8 cm³/mol. The van der Waals surface area contributed by atoms with Crippen LogP contribution in [0.5, 0.6) is 5.88 Å². The summed E-state index contributed by atoms with van der Waals surface area (Å²) < 4.78 is 1.96. The second-order valence-corrected chi connectivity index (χ2v) is 5.43. The van der Waals surface area contributed by atoms with Crippen molar-refractivity contribution in [1.29, 1.82) is 0 Å². The molecule has 1 aliphatic carbocycles.